The lowest BCUT2D eigenvalue weighted by molar-refractivity contribution is -0.138. The first-order valence-electron chi connectivity index (χ1n) is 10.4. The number of benzene rings is 3. The molecule has 6 N–H and O–H groups in total. The van der Waals surface area contributed by atoms with Crippen molar-refractivity contribution in [1.82, 2.24) is 9.97 Å². The van der Waals surface area contributed by atoms with Gasteiger partial charge in [0.2, 0.25) is 5.95 Å². The summed E-state index contributed by atoms with van der Waals surface area (Å²) in [6, 6.07) is 23.0. The normalized spacial score (nSPS) is 12.9. The summed E-state index contributed by atoms with van der Waals surface area (Å²) in [5.41, 5.74) is 15.1. The molecule has 3 aromatic carbocycles. The molecule has 0 radical (unpaired) electrons. The van der Waals surface area contributed by atoms with Crippen LogP contribution < -0.4 is 16.8 Å². The number of hydrogen-bond donors (Lipinski definition) is 4. The SMILES string of the molecule is C[C@H](Nc1cc(-c2ccc(C[C@H](N)C(=O)O)cc2)nc(N)n1)c1ccc2ccccc2c1. The standard InChI is InChI=1S/C25H25N5O2/c1-15(19-11-10-17-4-2-3-5-20(17)13-19)28-23-14-22(29-25(27)30-23)18-8-6-16(7-9-18)12-21(26)24(31)32/h2-11,13-15,21H,12,26H2,1H3,(H,31,32)(H3,27,28,29,30)/t15-,21-/m0/s1. The van der Waals surface area contributed by atoms with Gasteiger partial charge in [0.1, 0.15) is 11.9 Å². The molecule has 4 aromatic rings. The zero-order valence-electron chi connectivity index (χ0n) is 17.7. The van der Waals surface area contributed by atoms with Gasteiger partial charge in [-0.05, 0) is 41.3 Å². The minimum atomic E-state index is -1.02. The summed E-state index contributed by atoms with van der Waals surface area (Å²) in [6.45, 7) is 2.07. The summed E-state index contributed by atoms with van der Waals surface area (Å²) in [4.78, 5) is 19.6. The molecule has 0 unspecified atom stereocenters. The van der Waals surface area contributed by atoms with Crippen LogP contribution >= 0.6 is 0 Å². The number of aliphatic carboxylic acids is 1. The maximum atomic E-state index is 11.0. The van der Waals surface area contributed by atoms with Crippen molar-refractivity contribution in [2.24, 2.45) is 5.73 Å². The minimum Gasteiger partial charge on any atom is -0.480 e. The quantitative estimate of drug-likeness (QED) is 0.351. The molecule has 0 saturated carbocycles. The van der Waals surface area contributed by atoms with E-state index in [9.17, 15) is 4.79 Å². The number of carboxylic acids is 1. The fraction of sp³-hybridized carbons (Fsp3) is 0.160. The number of hydrogen-bond acceptors (Lipinski definition) is 6. The predicted molar refractivity (Wildman–Crippen MR) is 127 cm³/mol. The van der Waals surface area contributed by atoms with Crippen LogP contribution in [-0.2, 0) is 11.2 Å². The highest BCUT2D eigenvalue weighted by Gasteiger charge is 2.13. The second-order valence-corrected chi connectivity index (χ2v) is 7.82. The number of rotatable bonds is 7. The van der Waals surface area contributed by atoms with E-state index < -0.39 is 12.0 Å². The molecule has 7 nitrogen and oxygen atoms in total. The van der Waals surface area contributed by atoms with Crippen molar-refractivity contribution in [3.8, 4) is 11.3 Å². The summed E-state index contributed by atoms with van der Waals surface area (Å²) in [6.07, 6.45) is 0.262. The number of nitrogens with two attached hydrogens (primary N) is 2. The number of nitrogens with one attached hydrogen (secondary N) is 1. The number of anilines is 2. The average molecular weight is 428 g/mol. The fourth-order valence-corrected chi connectivity index (χ4v) is 3.62. The molecule has 32 heavy (non-hydrogen) atoms. The van der Waals surface area contributed by atoms with Gasteiger partial charge in [-0.2, -0.15) is 4.98 Å². The fourth-order valence-electron chi connectivity index (χ4n) is 3.62. The molecule has 0 spiro atoms. The van der Waals surface area contributed by atoms with E-state index >= 15 is 0 Å². The maximum absolute atomic E-state index is 11.0. The minimum absolute atomic E-state index is 0.0154. The summed E-state index contributed by atoms with van der Waals surface area (Å²) in [5.74, 6) is -0.216. The van der Waals surface area contributed by atoms with Gasteiger partial charge in [-0.25, -0.2) is 4.98 Å². The van der Waals surface area contributed by atoms with Gasteiger partial charge in [-0.3, -0.25) is 4.79 Å². The molecule has 2 atom stereocenters. The van der Waals surface area contributed by atoms with Crippen LogP contribution in [0.25, 0.3) is 22.0 Å². The van der Waals surface area contributed by atoms with Crippen molar-refractivity contribution in [2.75, 3.05) is 11.1 Å². The molecule has 1 aromatic heterocycles. The number of nitrogen functional groups attached to an aromatic ring is 1. The predicted octanol–water partition coefficient (Wildman–Crippen LogP) is 4.01. The second-order valence-electron chi connectivity index (χ2n) is 7.82. The van der Waals surface area contributed by atoms with E-state index in [1.165, 1.54) is 10.8 Å². The largest absolute Gasteiger partial charge is 0.480 e. The van der Waals surface area contributed by atoms with Gasteiger partial charge in [0.05, 0.1) is 5.69 Å². The summed E-state index contributed by atoms with van der Waals surface area (Å²) >= 11 is 0. The Morgan fingerprint density at radius 2 is 1.72 bits per heavy atom. The molecule has 0 aliphatic carbocycles. The van der Waals surface area contributed by atoms with Crippen LogP contribution in [0, 0.1) is 0 Å². The molecule has 0 amide bonds. The Balaban J connectivity index is 1.53. The Morgan fingerprint density at radius 3 is 2.44 bits per heavy atom. The molecule has 1 heterocycles. The van der Waals surface area contributed by atoms with Gasteiger partial charge >= 0.3 is 5.97 Å². The lowest BCUT2D eigenvalue weighted by Crippen LogP contribution is -2.32. The monoisotopic (exact) mass is 427 g/mol. The van der Waals surface area contributed by atoms with E-state index in [1.54, 1.807) is 0 Å². The Labute approximate surface area is 186 Å². The molecule has 4 rings (SSSR count). The number of carboxylic acid groups (broad SMARTS) is 1. The lowest BCUT2D eigenvalue weighted by Gasteiger charge is -2.16. The third-order valence-electron chi connectivity index (χ3n) is 5.40. The van der Waals surface area contributed by atoms with Gasteiger partial charge < -0.3 is 21.9 Å². The van der Waals surface area contributed by atoms with Gasteiger partial charge in [-0.1, -0.05) is 60.7 Å². The molecule has 0 saturated heterocycles. The first kappa shape index (κ1) is 21.3. The van der Waals surface area contributed by atoms with Crippen LogP contribution in [0.3, 0.4) is 0 Å². The zero-order chi connectivity index (χ0) is 22.7. The third kappa shape index (κ3) is 4.84. The van der Waals surface area contributed by atoms with Crippen LogP contribution in [0.5, 0.6) is 0 Å². The number of nitrogens with zero attached hydrogens (tertiary/aromatic N) is 2. The van der Waals surface area contributed by atoms with Gasteiger partial charge in [0.25, 0.3) is 0 Å². The topological polar surface area (TPSA) is 127 Å². The number of carbonyl (C=O) groups is 1. The van der Waals surface area contributed by atoms with Crippen LogP contribution in [0.2, 0.25) is 0 Å². The Hall–Kier alpha value is -3.97. The number of fused-ring (bicyclic) bond motifs is 1. The van der Waals surface area contributed by atoms with Crippen molar-refractivity contribution in [3.05, 3.63) is 83.9 Å². The van der Waals surface area contributed by atoms with E-state index in [0.29, 0.717) is 11.5 Å². The summed E-state index contributed by atoms with van der Waals surface area (Å²) in [7, 11) is 0. The summed E-state index contributed by atoms with van der Waals surface area (Å²) < 4.78 is 0. The van der Waals surface area contributed by atoms with Crippen LogP contribution in [0.15, 0.2) is 72.8 Å². The molecule has 0 aliphatic rings. The number of aromatic nitrogens is 2. The molecule has 0 fully saturated rings. The van der Waals surface area contributed by atoms with Gasteiger partial charge in [-0.15, -0.1) is 0 Å². The third-order valence-corrected chi connectivity index (χ3v) is 5.40. The van der Waals surface area contributed by atoms with E-state index in [1.807, 2.05) is 42.5 Å². The van der Waals surface area contributed by atoms with Gasteiger partial charge in [0.15, 0.2) is 0 Å². The zero-order valence-corrected chi connectivity index (χ0v) is 17.7. The van der Waals surface area contributed by atoms with Gasteiger partial charge in [0, 0.05) is 17.7 Å². The van der Waals surface area contributed by atoms with E-state index in [2.05, 4.69) is 52.5 Å². The molecule has 162 valence electrons. The molecule has 7 heteroatoms. The maximum Gasteiger partial charge on any atom is 0.320 e. The van der Waals surface area contributed by atoms with Crippen LogP contribution in [0.4, 0.5) is 11.8 Å². The molecule has 0 aliphatic heterocycles. The first-order valence-corrected chi connectivity index (χ1v) is 10.4. The average Bonchev–Trinajstić information content (AvgIpc) is 2.78. The van der Waals surface area contributed by atoms with Crippen molar-refractivity contribution < 1.29 is 9.90 Å². The lowest BCUT2D eigenvalue weighted by atomic mass is 10.0. The van der Waals surface area contributed by atoms with E-state index in [0.717, 1.165) is 16.7 Å². The van der Waals surface area contributed by atoms with Crippen molar-refractivity contribution in [3.63, 3.8) is 0 Å². The van der Waals surface area contributed by atoms with E-state index in [4.69, 9.17) is 16.6 Å². The summed E-state index contributed by atoms with van der Waals surface area (Å²) in [5, 5.41) is 14.8. The van der Waals surface area contributed by atoms with Crippen molar-refractivity contribution in [1.29, 1.82) is 0 Å². The van der Waals surface area contributed by atoms with E-state index in [-0.39, 0.29) is 18.4 Å². The van der Waals surface area contributed by atoms with Crippen LogP contribution in [-0.4, -0.2) is 27.1 Å². The highest BCUT2D eigenvalue weighted by atomic mass is 16.4. The van der Waals surface area contributed by atoms with Crippen molar-refractivity contribution in [2.45, 2.75) is 25.4 Å². The highest BCUT2D eigenvalue weighted by molar-refractivity contribution is 5.83. The Morgan fingerprint density at radius 1 is 1.00 bits per heavy atom. The molecular formula is C25H25N5O2. The molecular weight excluding hydrogens is 402 g/mol. The smallest absolute Gasteiger partial charge is 0.320 e. The highest BCUT2D eigenvalue weighted by Crippen LogP contribution is 2.26. The second kappa shape index (κ2) is 9.03. The molecule has 0 bridgehead atoms. The van der Waals surface area contributed by atoms with Crippen molar-refractivity contribution >= 4 is 28.5 Å². The Kier molecular flexibility index (Phi) is 6.00. The van der Waals surface area contributed by atoms with Crippen LogP contribution in [0.1, 0.15) is 24.1 Å². The Bertz CT molecular complexity index is 1260. The first-order chi connectivity index (χ1) is 15.4.